The number of rotatable bonds is 4. The normalized spacial score (nSPS) is 23.1. The van der Waals surface area contributed by atoms with Gasteiger partial charge in [0.05, 0.1) is 6.04 Å². The zero-order valence-corrected chi connectivity index (χ0v) is 12.5. The van der Waals surface area contributed by atoms with Crippen molar-refractivity contribution in [3.8, 4) is 0 Å². The van der Waals surface area contributed by atoms with Crippen molar-refractivity contribution in [3.05, 3.63) is 35.4 Å². The van der Waals surface area contributed by atoms with Crippen molar-refractivity contribution in [2.75, 3.05) is 13.6 Å². The van der Waals surface area contributed by atoms with Crippen LogP contribution in [-0.2, 0) is 4.79 Å². The van der Waals surface area contributed by atoms with Crippen LogP contribution in [0.25, 0.3) is 0 Å². The second-order valence-electron chi connectivity index (χ2n) is 5.82. The number of carbonyl (C=O) groups excluding carboxylic acids is 1. The van der Waals surface area contributed by atoms with Crippen LogP contribution in [0, 0.1) is 23.5 Å². The summed E-state index contributed by atoms with van der Waals surface area (Å²) in [6, 6.07) is 2.82. The largest absolute Gasteiger partial charge is 0.339 e. The van der Waals surface area contributed by atoms with Gasteiger partial charge in [0.15, 0.2) is 0 Å². The van der Waals surface area contributed by atoms with Gasteiger partial charge in [-0.25, -0.2) is 8.78 Å². The fourth-order valence-electron chi connectivity index (χ4n) is 3.14. The molecule has 0 heterocycles. The van der Waals surface area contributed by atoms with Crippen LogP contribution in [0.15, 0.2) is 18.2 Å². The van der Waals surface area contributed by atoms with E-state index in [-0.39, 0.29) is 23.3 Å². The smallest absolute Gasteiger partial charge is 0.226 e. The van der Waals surface area contributed by atoms with Gasteiger partial charge in [-0.1, -0.05) is 6.42 Å². The second kappa shape index (κ2) is 6.52. The highest BCUT2D eigenvalue weighted by Gasteiger charge is 2.35. The molecule has 3 nitrogen and oxygen atoms in total. The van der Waals surface area contributed by atoms with Crippen LogP contribution >= 0.6 is 0 Å². The number of nitrogens with zero attached hydrogens (tertiary/aromatic N) is 1. The Bertz CT molecular complexity index is 521. The average Bonchev–Trinajstić information content (AvgIpc) is 2.95. The molecule has 1 amide bonds. The molecule has 0 spiro atoms. The van der Waals surface area contributed by atoms with Crippen molar-refractivity contribution in [2.45, 2.75) is 32.2 Å². The minimum absolute atomic E-state index is 0.0286. The van der Waals surface area contributed by atoms with Crippen LogP contribution in [-0.4, -0.2) is 24.4 Å². The van der Waals surface area contributed by atoms with E-state index in [1.54, 1.807) is 14.0 Å². The summed E-state index contributed by atoms with van der Waals surface area (Å²) in [4.78, 5) is 14.1. The highest BCUT2D eigenvalue weighted by atomic mass is 19.1. The molecule has 0 saturated heterocycles. The van der Waals surface area contributed by atoms with Crippen molar-refractivity contribution in [3.63, 3.8) is 0 Å². The summed E-state index contributed by atoms with van der Waals surface area (Å²) in [6.07, 6.45) is 2.78. The third-order valence-corrected chi connectivity index (χ3v) is 4.62. The zero-order valence-electron chi connectivity index (χ0n) is 12.5. The van der Waals surface area contributed by atoms with Crippen LogP contribution in [0.4, 0.5) is 8.78 Å². The summed E-state index contributed by atoms with van der Waals surface area (Å²) in [5.41, 5.74) is 5.92. The lowest BCUT2D eigenvalue weighted by atomic mass is 9.94. The molecule has 1 aromatic carbocycles. The molecule has 1 saturated carbocycles. The third kappa shape index (κ3) is 3.23. The van der Waals surface area contributed by atoms with Crippen molar-refractivity contribution in [1.29, 1.82) is 0 Å². The van der Waals surface area contributed by atoms with E-state index in [1.807, 2.05) is 0 Å². The van der Waals surface area contributed by atoms with Crippen molar-refractivity contribution in [2.24, 2.45) is 17.6 Å². The van der Waals surface area contributed by atoms with E-state index in [9.17, 15) is 13.6 Å². The van der Waals surface area contributed by atoms with Crippen LogP contribution in [0.5, 0.6) is 0 Å². The van der Waals surface area contributed by atoms with Crippen LogP contribution in [0.2, 0.25) is 0 Å². The van der Waals surface area contributed by atoms with E-state index in [1.165, 1.54) is 4.90 Å². The summed E-state index contributed by atoms with van der Waals surface area (Å²) in [6.45, 7) is 2.20. The molecule has 1 fully saturated rings. The van der Waals surface area contributed by atoms with Crippen molar-refractivity contribution >= 4 is 5.91 Å². The molecule has 0 aliphatic heterocycles. The predicted molar refractivity (Wildman–Crippen MR) is 77.4 cm³/mol. The summed E-state index contributed by atoms with van der Waals surface area (Å²) in [7, 11) is 1.64. The van der Waals surface area contributed by atoms with E-state index >= 15 is 0 Å². The van der Waals surface area contributed by atoms with Gasteiger partial charge in [-0.3, -0.25) is 4.79 Å². The van der Waals surface area contributed by atoms with Crippen molar-refractivity contribution in [1.82, 2.24) is 4.90 Å². The first-order chi connectivity index (χ1) is 9.95. The van der Waals surface area contributed by atoms with Gasteiger partial charge in [-0.05, 0) is 50.4 Å². The summed E-state index contributed by atoms with van der Waals surface area (Å²) < 4.78 is 27.1. The summed E-state index contributed by atoms with van der Waals surface area (Å²) >= 11 is 0. The Morgan fingerprint density at radius 1 is 1.43 bits per heavy atom. The first kappa shape index (κ1) is 15.9. The van der Waals surface area contributed by atoms with Gasteiger partial charge >= 0.3 is 0 Å². The zero-order chi connectivity index (χ0) is 15.6. The van der Waals surface area contributed by atoms with E-state index in [4.69, 9.17) is 5.73 Å². The van der Waals surface area contributed by atoms with Crippen LogP contribution < -0.4 is 5.73 Å². The minimum Gasteiger partial charge on any atom is -0.339 e. The predicted octanol–water partition coefficient (Wildman–Crippen LogP) is 2.86. The fourth-order valence-corrected chi connectivity index (χ4v) is 3.14. The van der Waals surface area contributed by atoms with E-state index in [2.05, 4.69) is 0 Å². The molecule has 2 rings (SSSR count). The van der Waals surface area contributed by atoms with Gasteiger partial charge in [0.25, 0.3) is 0 Å². The number of nitrogens with two attached hydrogens (primary N) is 1. The monoisotopic (exact) mass is 296 g/mol. The summed E-state index contributed by atoms with van der Waals surface area (Å²) in [5.74, 6) is -0.923. The topological polar surface area (TPSA) is 46.3 Å². The Morgan fingerprint density at radius 3 is 2.81 bits per heavy atom. The highest BCUT2D eigenvalue weighted by molar-refractivity contribution is 5.79. The van der Waals surface area contributed by atoms with Gasteiger partial charge in [0.2, 0.25) is 5.91 Å². The fraction of sp³-hybridized carbons (Fsp3) is 0.562. The standard InChI is InChI=1S/C16H22F2N2O/c1-10(14-8-12(17)6-7-15(14)18)20(2)16(21)13-5-3-4-11(13)9-19/h6-8,10-11,13H,3-5,9,19H2,1-2H3. The Balaban J connectivity index is 2.16. The molecule has 1 aliphatic carbocycles. The lowest BCUT2D eigenvalue weighted by Crippen LogP contribution is -2.38. The molecule has 21 heavy (non-hydrogen) atoms. The molecule has 1 aromatic rings. The maximum absolute atomic E-state index is 13.8. The quantitative estimate of drug-likeness (QED) is 0.928. The first-order valence-electron chi connectivity index (χ1n) is 7.37. The Hall–Kier alpha value is -1.49. The van der Waals surface area contributed by atoms with Gasteiger partial charge in [-0.2, -0.15) is 0 Å². The molecule has 2 N–H and O–H groups in total. The molecule has 3 unspecified atom stereocenters. The molecule has 0 aromatic heterocycles. The number of carbonyl (C=O) groups is 1. The molecular weight excluding hydrogens is 274 g/mol. The Kier molecular flexibility index (Phi) is 4.93. The molecule has 0 bridgehead atoms. The molecular formula is C16H22F2N2O. The Labute approximate surface area is 124 Å². The number of hydrogen-bond donors (Lipinski definition) is 1. The first-order valence-corrected chi connectivity index (χ1v) is 7.37. The van der Waals surface area contributed by atoms with Crippen LogP contribution in [0.1, 0.15) is 37.8 Å². The van der Waals surface area contributed by atoms with Gasteiger partial charge < -0.3 is 10.6 Å². The minimum atomic E-state index is -0.507. The second-order valence-corrected chi connectivity index (χ2v) is 5.82. The number of benzene rings is 1. The number of amides is 1. The SMILES string of the molecule is CC(c1cc(F)ccc1F)N(C)C(=O)C1CCCC1CN. The molecule has 3 atom stereocenters. The van der Waals surface area contributed by atoms with Gasteiger partial charge in [0.1, 0.15) is 11.6 Å². The highest BCUT2D eigenvalue weighted by Crippen LogP contribution is 2.34. The molecule has 116 valence electrons. The Morgan fingerprint density at radius 2 is 2.14 bits per heavy atom. The molecule has 0 radical (unpaired) electrons. The van der Waals surface area contributed by atoms with Crippen LogP contribution in [0.3, 0.4) is 0 Å². The van der Waals surface area contributed by atoms with E-state index in [0.717, 1.165) is 37.5 Å². The lowest BCUT2D eigenvalue weighted by Gasteiger charge is -2.30. The van der Waals surface area contributed by atoms with E-state index in [0.29, 0.717) is 6.54 Å². The number of hydrogen-bond acceptors (Lipinski definition) is 2. The lowest BCUT2D eigenvalue weighted by molar-refractivity contribution is -0.137. The molecule has 1 aliphatic rings. The van der Waals surface area contributed by atoms with E-state index < -0.39 is 17.7 Å². The molecule has 5 heteroatoms. The van der Waals surface area contributed by atoms with Crippen molar-refractivity contribution < 1.29 is 13.6 Å². The third-order valence-electron chi connectivity index (χ3n) is 4.62. The van der Waals surface area contributed by atoms with Gasteiger partial charge in [-0.15, -0.1) is 0 Å². The average molecular weight is 296 g/mol. The maximum Gasteiger partial charge on any atom is 0.226 e. The maximum atomic E-state index is 13.8. The number of halogens is 2. The summed E-state index contributed by atoms with van der Waals surface area (Å²) in [5, 5.41) is 0. The van der Waals surface area contributed by atoms with Gasteiger partial charge in [0, 0.05) is 18.5 Å².